The van der Waals surface area contributed by atoms with Crippen molar-refractivity contribution in [2.45, 2.75) is 18.7 Å². The highest BCUT2D eigenvalue weighted by Gasteiger charge is 2.24. The van der Waals surface area contributed by atoms with Crippen LogP contribution in [-0.4, -0.2) is 82.0 Å². The van der Waals surface area contributed by atoms with E-state index in [1.165, 1.54) is 12.1 Å². The van der Waals surface area contributed by atoms with Crippen LogP contribution in [0.3, 0.4) is 0 Å². The number of sulfonamides is 1. The average molecular weight is 475 g/mol. The summed E-state index contributed by atoms with van der Waals surface area (Å²) in [7, 11) is -0.507. The highest BCUT2D eigenvalue weighted by Crippen LogP contribution is 2.27. The van der Waals surface area contributed by atoms with Crippen LogP contribution in [0.4, 0.5) is 11.4 Å². The molecular formula is C23H30N4O5S. The van der Waals surface area contributed by atoms with E-state index in [0.717, 1.165) is 5.56 Å². The van der Waals surface area contributed by atoms with Gasteiger partial charge in [0.2, 0.25) is 5.91 Å². The van der Waals surface area contributed by atoms with Crippen LogP contribution in [0.25, 0.3) is 0 Å². The molecule has 3 rings (SSSR count). The van der Waals surface area contributed by atoms with Crippen LogP contribution in [0, 0.1) is 13.8 Å². The van der Waals surface area contributed by atoms with Crippen LogP contribution in [0.2, 0.25) is 0 Å². The summed E-state index contributed by atoms with van der Waals surface area (Å²) >= 11 is 0. The fourth-order valence-electron chi connectivity index (χ4n) is 3.69. The van der Waals surface area contributed by atoms with Crippen LogP contribution >= 0.6 is 0 Å². The zero-order chi connectivity index (χ0) is 24.3. The molecule has 0 bridgehead atoms. The lowest BCUT2D eigenvalue weighted by Gasteiger charge is -2.36. The van der Waals surface area contributed by atoms with Gasteiger partial charge in [0.15, 0.2) is 0 Å². The third-order valence-corrected chi connectivity index (χ3v) is 7.21. The second kappa shape index (κ2) is 9.80. The van der Waals surface area contributed by atoms with Crippen molar-refractivity contribution in [1.82, 2.24) is 9.80 Å². The number of hydrogen-bond donors (Lipinski definition) is 2. The number of hydrogen-bond acceptors (Lipinski definition) is 6. The summed E-state index contributed by atoms with van der Waals surface area (Å²) < 4.78 is 28.4. The van der Waals surface area contributed by atoms with Crippen molar-refractivity contribution < 1.29 is 23.1 Å². The number of carbonyl (C=O) groups excluding carboxylic acids is 1. The molecule has 0 radical (unpaired) electrons. The molecule has 0 spiro atoms. The summed E-state index contributed by atoms with van der Waals surface area (Å²) in [6.07, 6.45) is 0. The van der Waals surface area contributed by atoms with E-state index in [2.05, 4.69) is 9.62 Å². The fraction of sp³-hybridized carbons (Fsp3) is 0.391. The lowest BCUT2D eigenvalue weighted by Crippen LogP contribution is -2.49. The Labute approximate surface area is 194 Å². The molecule has 1 saturated heterocycles. The van der Waals surface area contributed by atoms with Crippen LogP contribution in [0.1, 0.15) is 21.5 Å². The van der Waals surface area contributed by atoms with Gasteiger partial charge < -0.3 is 14.9 Å². The molecule has 2 aromatic rings. The van der Waals surface area contributed by atoms with Crippen molar-refractivity contribution >= 4 is 33.3 Å². The molecule has 0 aliphatic carbocycles. The molecule has 1 aliphatic heterocycles. The largest absolute Gasteiger partial charge is 0.478 e. The van der Waals surface area contributed by atoms with Crippen molar-refractivity contribution in [2.75, 3.05) is 56.4 Å². The quantitative estimate of drug-likeness (QED) is 0.632. The molecule has 1 heterocycles. The van der Waals surface area contributed by atoms with Crippen LogP contribution in [0.15, 0.2) is 41.3 Å². The number of carbonyl (C=O) groups is 2. The summed E-state index contributed by atoms with van der Waals surface area (Å²) in [4.78, 5) is 29.6. The first-order valence-corrected chi connectivity index (χ1v) is 12.1. The predicted octanol–water partition coefficient (Wildman–Crippen LogP) is 2.01. The minimum Gasteiger partial charge on any atom is -0.478 e. The Hall–Kier alpha value is -3.11. The molecule has 9 nitrogen and oxygen atoms in total. The van der Waals surface area contributed by atoms with Crippen LogP contribution < -0.4 is 9.62 Å². The number of piperazine rings is 1. The van der Waals surface area contributed by atoms with Crippen molar-refractivity contribution in [3.63, 3.8) is 0 Å². The van der Waals surface area contributed by atoms with Gasteiger partial charge in [-0.25, -0.2) is 13.2 Å². The molecule has 1 amide bonds. The number of likely N-dealkylation sites (N-methyl/N-ethyl adjacent to an activating group) is 1. The van der Waals surface area contributed by atoms with E-state index in [1.54, 1.807) is 51.0 Å². The number of amides is 1. The second-order valence-corrected chi connectivity index (χ2v) is 10.1. The molecule has 178 valence electrons. The van der Waals surface area contributed by atoms with Crippen LogP contribution in [0.5, 0.6) is 0 Å². The Bertz CT molecular complexity index is 1160. The van der Waals surface area contributed by atoms with Gasteiger partial charge in [-0.3, -0.25) is 14.4 Å². The number of carboxylic acids is 1. The number of carboxylic acid groups (broad SMARTS) is 1. The lowest BCUT2D eigenvalue weighted by molar-refractivity contribution is -0.129. The van der Waals surface area contributed by atoms with E-state index in [-0.39, 0.29) is 22.1 Å². The predicted molar refractivity (Wildman–Crippen MR) is 127 cm³/mol. The average Bonchev–Trinajstić information content (AvgIpc) is 2.75. The monoisotopic (exact) mass is 474 g/mol. The van der Waals surface area contributed by atoms with E-state index in [4.69, 9.17) is 0 Å². The first-order valence-electron chi connectivity index (χ1n) is 10.6. The Morgan fingerprint density at radius 3 is 2.30 bits per heavy atom. The third kappa shape index (κ3) is 5.82. The number of nitrogens with one attached hydrogen (secondary N) is 1. The summed E-state index contributed by atoms with van der Waals surface area (Å²) in [5, 5.41) is 9.74. The second-order valence-electron chi connectivity index (χ2n) is 8.46. The van der Waals surface area contributed by atoms with E-state index < -0.39 is 16.0 Å². The molecule has 0 atom stereocenters. The van der Waals surface area contributed by atoms with Gasteiger partial charge in [-0.2, -0.15) is 0 Å². The number of nitrogens with zero attached hydrogens (tertiary/aromatic N) is 3. The SMILES string of the molecule is Cc1ccc(C)c(S(=O)(=O)Nc2ccc(N3CCN(CC(=O)N(C)C)CC3)cc2C(=O)O)c1. The first kappa shape index (κ1) is 24.5. The summed E-state index contributed by atoms with van der Waals surface area (Å²) in [5.41, 5.74) is 1.96. The first-order chi connectivity index (χ1) is 15.5. The van der Waals surface area contributed by atoms with Gasteiger partial charge in [0.1, 0.15) is 0 Å². The molecule has 1 fully saturated rings. The topological polar surface area (TPSA) is 110 Å². The maximum atomic E-state index is 13.0. The van der Waals surface area contributed by atoms with E-state index in [9.17, 15) is 23.1 Å². The molecule has 33 heavy (non-hydrogen) atoms. The Balaban J connectivity index is 1.78. The zero-order valence-corrected chi connectivity index (χ0v) is 20.1. The number of rotatable bonds is 7. The number of aromatic carboxylic acids is 1. The van der Waals surface area contributed by atoms with Gasteiger partial charge in [-0.1, -0.05) is 12.1 Å². The van der Waals surface area contributed by atoms with Gasteiger partial charge in [0, 0.05) is 46.0 Å². The van der Waals surface area contributed by atoms with Crippen molar-refractivity contribution in [1.29, 1.82) is 0 Å². The van der Waals surface area contributed by atoms with Crippen molar-refractivity contribution in [3.05, 3.63) is 53.1 Å². The van der Waals surface area contributed by atoms with Crippen LogP contribution in [-0.2, 0) is 14.8 Å². The van der Waals surface area contributed by atoms with Gasteiger partial charge >= 0.3 is 5.97 Å². The smallest absolute Gasteiger partial charge is 0.337 e. The van der Waals surface area contributed by atoms with Gasteiger partial charge in [0.25, 0.3) is 10.0 Å². The molecule has 0 unspecified atom stereocenters. The maximum Gasteiger partial charge on any atom is 0.337 e. The Morgan fingerprint density at radius 1 is 1.03 bits per heavy atom. The standard InChI is InChI=1S/C23H30N4O5S/c1-16-5-6-17(2)21(13-16)33(31,32)24-20-8-7-18(14-19(20)23(29)30)27-11-9-26(10-12-27)15-22(28)25(3)4/h5-8,13-14,24H,9-12,15H2,1-4H3,(H,29,30). The normalized spacial score (nSPS) is 14.7. The van der Waals surface area contributed by atoms with E-state index in [0.29, 0.717) is 44.0 Å². The summed E-state index contributed by atoms with van der Waals surface area (Å²) in [6, 6.07) is 9.80. The number of aryl methyl sites for hydroxylation is 2. The zero-order valence-electron chi connectivity index (χ0n) is 19.3. The highest BCUT2D eigenvalue weighted by atomic mass is 32.2. The molecule has 0 aromatic heterocycles. The lowest BCUT2D eigenvalue weighted by atomic mass is 10.1. The van der Waals surface area contributed by atoms with E-state index in [1.807, 2.05) is 11.0 Å². The number of anilines is 2. The Morgan fingerprint density at radius 2 is 1.70 bits per heavy atom. The third-order valence-electron chi connectivity index (χ3n) is 5.71. The minimum absolute atomic E-state index is 0.0161. The van der Waals surface area contributed by atoms with E-state index >= 15 is 0 Å². The molecular weight excluding hydrogens is 444 g/mol. The molecule has 0 saturated carbocycles. The van der Waals surface area contributed by atoms with Gasteiger partial charge in [0.05, 0.1) is 22.7 Å². The summed E-state index contributed by atoms with van der Waals surface area (Å²) in [6.45, 7) is 6.44. The van der Waals surface area contributed by atoms with Gasteiger partial charge in [-0.05, 0) is 49.2 Å². The molecule has 2 N–H and O–H groups in total. The highest BCUT2D eigenvalue weighted by molar-refractivity contribution is 7.92. The Kier molecular flexibility index (Phi) is 7.28. The molecule has 2 aromatic carbocycles. The fourth-order valence-corrected chi connectivity index (χ4v) is 5.10. The maximum absolute atomic E-state index is 13.0. The van der Waals surface area contributed by atoms with Gasteiger partial charge in [-0.15, -0.1) is 0 Å². The van der Waals surface area contributed by atoms with Crippen molar-refractivity contribution in [3.8, 4) is 0 Å². The van der Waals surface area contributed by atoms with Crippen molar-refractivity contribution in [2.24, 2.45) is 0 Å². The minimum atomic E-state index is -3.96. The molecule has 10 heteroatoms. The molecule has 1 aliphatic rings. The number of benzene rings is 2. The summed E-state index contributed by atoms with van der Waals surface area (Å²) in [5.74, 6) is -1.18.